The summed E-state index contributed by atoms with van der Waals surface area (Å²) in [5, 5.41) is 9.17. The van der Waals surface area contributed by atoms with Crippen LogP contribution in [-0.4, -0.2) is 5.11 Å². The molecular formula is C9H10F3NO. The van der Waals surface area contributed by atoms with Gasteiger partial charge in [-0.05, 0) is 6.42 Å². The van der Waals surface area contributed by atoms with Crippen LogP contribution in [0.4, 0.5) is 13.2 Å². The van der Waals surface area contributed by atoms with Crippen molar-refractivity contribution in [2.24, 2.45) is 5.73 Å². The molecule has 2 nitrogen and oxygen atoms in total. The number of hydrogen-bond donors (Lipinski definition) is 2. The molecule has 0 unspecified atom stereocenters. The first-order valence-corrected chi connectivity index (χ1v) is 4.11. The first-order valence-electron chi connectivity index (χ1n) is 4.11. The molecule has 0 saturated heterocycles. The van der Waals surface area contributed by atoms with Gasteiger partial charge in [-0.3, -0.25) is 0 Å². The third kappa shape index (κ3) is 1.68. The maximum Gasteiger partial charge on any atom is 0.195 e. The van der Waals surface area contributed by atoms with E-state index in [0.29, 0.717) is 12.5 Å². The minimum Gasteiger partial charge on any atom is -0.507 e. The Kier molecular flexibility index (Phi) is 3.00. The summed E-state index contributed by atoms with van der Waals surface area (Å²) in [6, 6.07) is -0.325. The van der Waals surface area contributed by atoms with Crippen molar-refractivity contribution in [1.82, 2.24) is 0 Å². The second-order valence-corrected chi connectivity index (χ2v) is 2.93. The average Bonchev–Trinajstić information content (AvgIpc) is 2.14. The summed E-state index contributed by atoms with van der Waals surface area (Å²) in [5.74, 6) is -5.11. The Balaban J connectivity index is 3.36. The fourth-order valence-electron chi connectivity index (χ4n) is 1.15. The molecule has 0 aliphatic carbocycles. The molecule has 0 aliphatic rings. The standard InChI is InChI=1S/C9H10F3NO/c1-2-5(13)7-6(14)3-4(10)8(11)9(7)12/h3,5,14H,2,13H2,1H3/t5-/m1/s1. The molecule has 0 aliphatic heterocycles. The lowest BCUT2D eigenvalue weighted by Gasteiger charge is -2.12. The minimum atomic E-state index is -1.61. The van der Waals surface area contributed by atoms with E-state index in [1.165, 1.54) is 0 Å². The molecule has 1 aromatic carbocycles. The van der Waals surface area contributed by atoms with E-state index in [2.05, 4.69) is 0 Å². The smallest absolute Gasteiger partial charge is 0.195 e. The van der Waals surface area contributed by atoms with Gasteiger partial charge in [-0.15, -0.1) is 0 Å². The zero-order valence-corrected chi connectivity index (χ0v) is 7.52. The van der Waals surface area contributed by atoms with Gasteiger partial charge in [0.05, 0.1) is 0 Å². The van der Waals surface area contributed by atoms with Crippen LogP contribution in [0, 0.1) is 17.5 Å². The maximum absolute atomic E-state index is 13.1. The largest absolute Gasteiger partial charge is 0.507 e. The molecule has 78 valence electrons. The van der Waals surface area contributed by atoms with E-state index in [4.69, 9.17) is 5.73 Å². The quantitative estimate of drug-likeness (QED) is 0.727. The van der Waals surface area contributed by atoms with Crippen molar-refractivity contribution in [2.75, 3.05) is 0 Å². The number of phenolic OH excluding ortho intramolecular Hbond substituents is 1. The molecule has 14 heavy (non-hydrogen) atoms. The predicted octanol–water partition coefficient (Wildman–Crippen LogP) is 2.22. The summed E-state index contributed by atoms with van der Waals surface area (Å²) < 4.78 is 38.4. The van der Waals surface area contributed by atoms with Crippen molar-refractivity contribution < 1.29 is 18.3 Å². The fraction of sp³-hybridized carbons (Fsp3) is 0.333. The lowest BCUT2D eigenvalue weighted by molar-refractivity contribution is 0.399. The van der Waals surface area contributed by atoms with Crippen LogP contribution in [0.15, 0.2) is 6.07 Å². The first kappa shape index (κ1) is 10.8. The third-order valence-corrected chi connectivity index (χ3v) is 1.99. The topological polar surface area (TPSA) is 46.2 Å². The number of hydrogen-bond acceptors (Lipinski definition) is 2. The molecule has 0 heterocycles. The summed E-state index contributed by atoms with van der Waals surface area (Å²) in [7, 11) is 0. The van der Waals surface area contributed by atoms with Gasteiger partial charge >= 0.3 is 0 Å². The molecule has 1 rings (SSSR count). The summed E-state index contributed by atoms with van der Waals surface area (Å²) >= 11 is 0. The Morgan fingerprint density at radius 3 is 2.43 bits per heavy atom. The fourth-order valence-corrected chi connectivity index (χ4v) is 1.15. The van der Waals surface area contributed by atoms with Crippen LogP contribution in [0.5, 0.6) is 5.75 Å². The molecule has 0 aromatic heterocycles. The molecule has 5 heteroatoms. The van der Waals surface area contributed by atoms with Crippen molar-refractivity contribution in [3.05, 3.63) is 29.1 Å². The van der Waals surface area contributed by atoms with Gasteiger partial charge in [0.15, 0.2) is 17.5 Å². The highest BCUT2D eigenvalue weighted by molar-refractivity contribution is 5.37. The summed E-state index contributed by atoms with van der Waals surface area (Å²) in [4.78, 5) is 0. The zero-order chi connectivity index (χ0) is 10.9. The van der Waals surface area contributed by atoms with E-state index in [-0.39, 0.29) is 5.56 Å². The molecule has 1 aromatic rings. The van der Waals surface area contributed by atoms with E-state index >= 15 is 0 Å². The van der Waals surface area contributed by atoms with Crippen LogP contribution in [0.1, 0.15) is 24.9 Å². The van der Waals surface area contributed by atoms with Crippen LogP contribution < -0.4 is 5.73 Å². The first-order chi connectivity index (χ1) is 6.49. The van der Waals surface area contributed by atoms with Gasteiger partial charge in [0.2, 0.25) is 0 Å². The van der Waals surface area contributed by atoms with Crippen LogP contribution in [0.25, 0.3) is 0 Å². The van der Waals surface area contributed by atoms with E-state index in [0.717, 1.165) is 0 Å². The molecule has 3 N–H and O–H groups in total. The van der Waals surface area contributed by atoms with Gasteiger partial charge in [0.25, 0.3) is 0 Å². The molecule has 0 bridgehead atoms. The number of phenols is 1. The van der Waals surface area contributed by atoms with Crippen LogP contribution in [-0.2, 0) is 0 Å². The molecule has 1 atom stereocenters. The second-order valence-electron chi connectivity index (χ2n) is 2.93. The molecule has 0 spiro atoms. The van der Waals surface area contributed by atoms with E-state index < -0.39 is 29.2 Å². The van der Waals surface area contributed by atoms with Gasteiger partial charge in [0, 0.05) is 17.7 Å². The van der Waals surface area contributed by atoms with Crippen LogP contribution >= 0.6 is 0 Å². The third-order valence-electron chi connectivity index (χ3n) is 1.99. The summed E-state index contributed by atoms with van der Waals surface area (Å²) in [6.45, 7) is 1.64. The zero-order valence-electron chi connectivity index (χ0n) is 7.52. The number of halogens is 3. The SMILES string of the molecule is CC[C@@H](N)c1c(O)cc(F)c(F)c1F. The van der Waals surface area contributed by atoms with E-state index in [9.17, 15) is 18.3 Å². The number of rotatable bonds is 2. The number of nitrogens with two attached hydrogens (primary N) is 1. The molecular weight excluding hydrogens is 195 g/mol. The summed E-state index contributed by atoms with van der Waals surface area (Å²) in [6.07, 6.45) is 0.315. The van der Waals surface area contributed by atoms with Gasteiger partial charge < -0.3 is 10.8 Å². The predicted molar refractivity (Wildman–Crippen MR) is 45.2 cm³/mol. The molecule has 0 saturated carbocycles. The maximum atomic E-state index is 13.1. The van der Waals surface area contributed by atoms with Crippen molar-refractivity contribution in [3.8, 4) is 5.75 Å². The van der Waals surface area contributed by atoms with Gasteiger partial charge in [-0.2, -0.15) is 0 Å². The normalized spacial score (nSPS) is 12.9. The van der Waals surface area contributed by atoms with Gasteiger partial charge in [0.1, 0.15) is 5.75 Å². The van der Waals surface area contributed by atoms with E-state index in [1.54, 1.807) is 6.92 Å². The monoisotopic (exact) mass is 205 g/mol. The molecule has 0 amide bonds. The highest BCUT2D eigenvalue weighted by atomic mass is 19.2. The van der Waals surface area contributed by atoms with Crippen LogP contribution in [0.2, 0.25) is 0 Å². The Morgan fingerprint density at radius 2 is 1.93 bits per heavy atom. The van der Waals surface area contributed by atoms with Crippen LogP contribution in [0.3, 0.4) is 0 Å². The number of aromatic hydroxyl groups is 1. The van der Waals surface area contributed by atoms with Crippen molar-refractivity contribution in [2.45, 2.75) is 19.4 Å². The van der Waals surface area contributed by atoms with Crippen molar-refractivity contribution >= 4 is 0 Å². The Bertz CT molecular complexity index is 354. The Labute approximate surface area is 79.2 Å². The van der Waals surface area contributed by atoms with Crippen molar-refractivity contribution in [3.63, 3.8) is 0 Å². The van der Waals surface area contributed by atoms with Crippen molar-refractivity contribution in [1.29, 1.82) is 0 Å². The Hall–Kier alpha value is -1.23. The molecule has 0 radical (unpaired) electrons. The highest BCUT2D eigenvalue weighted by Gasteiger charge is 2.21. The minimum absolute atomic E-state index is 0.315. The van der Waals surface area contributed by atoms with Gasteiger partial charge in [-0.25, -0.2) is 13.2 Å². The number of benzene rings is 1. The summed E-state index contributed by atoms with van der Waals surface area (Å²) in [5.41, 5.74) is 5.04. The Morgan fingerprint density at radius 1 is 1.36 bits per heavy atom. The lowest BCUT2D eigenvalue weighted by atomic mass is 10.0. The average molecular weight is 205 g/mol. The van der Waals surface area contributed by atoms with Gasteiger partial charge in [-0.1, -0.05) is 6.92 Å². The highest BCUT2D eigenvalue weighted by Crippen LogP contribution is 2.30. The molecule has 0 fully saturated rings. The second kappa shape index (κ2) is 3.88. The lowest BCUT2D eigenvalue weighted by Crippen LogP contribution is -2.12. The van der Waals surface area contributed by atoms with E-state index in [1.807, 2.05) is 0 Å².